The number of amides is 1. The molecule has 0 spiro atoms. The molecule has 1 aromatic heterocycles. The van der Waals surface area contributed by atoms with Crippen LogP contribution < -0.4 is 10.1 Å². The number of rotatable bonds is 6. The monoisotopic (exact) mass is 351 g/mol. The van der Waals surface area contributed by atoms with Gasteiger partial charge in [-0.15, -0.1) is 0 Å². The molecule has 3 rings (SSSR count). The number of phenols is 1. The number of ether oxygens (including phenoxy) is 1. The zero-order valence-electron chi connectivity index (χ0n) is 14.7. The quantitative estimate of drug-likeness (QED) is 0.636. The topological polar surface area (TPSA) is 87.2 Å². The van der Waals surface area contributed by atoms with Gasteiger partial charge in [0, 0.05) is 5.56 Å². The van der Waals surface area contributed by atoms with Gasteiger partial charge in [0.05, 0.1) is 11.7 Å². The van der Waals surface area contributed by atoms with Crippen LogP contribution in [0.2, 0.25) is 0 Å². The minimum Gasteiger partial charge on any atom is -0.508 e. The van der Waals surface area contributed by atoms with Crippen LogP contribution in [0.3, 0.4) is 0 Å². The molecular weight excluding hydrogens is 330 g/mol. The molecule has 3 aromatic rings. The maximum atomic E-state index is 12.3. The maximum absolute atomic E-state index is 12.3. The van der Waals surface area contributed by atoms with Gasteiger partial charge in [0.2, 0.25) is 0 Å². The molecule has 0 saturated heterocycles. The number of aromatic nitrogens is 2. The van der Waals surface area contributed by atoms with Crippen LogP contribution in [0, 0.1) is 6.92 Å². The Labute approximate surface area is 151 Å². The van der Waals surface area contributed by atoms with Gasteiger partial charge in [-0.2, -0.15) is 5.10 Å². The Morgan fingerprint density at radius 1 is 1.19 bits per heavy atom. The Kier molecular flexibility index (Phi) is 5.22. The first kappa shape index (κ1) is 17.5. The first-order valence-electron chi connectivity index (χ1n) is 8.36. The second-order valence-corrected chi connectivity index (χ2v) is 6.21. The number of phenolic OH excluding ortho intramolecular Hbond substituents is 1. The fraction of sp³-hybridized carbons (Fsp3) is 0.200. The van der Waals surface area contributed by atoms with E-state index in [-0.39, 0.29) is 17.7 Å². The van der Waals surface area contributed by atoms with Crippen molar-refractivity contribution >= 4 is 5.91 Å². The minimum absolute atomic E-state index is 0.163. The van der Waals surface area contributed by atoms with Gasteiger partial charge in [0.1, 0.15) is 23.8 Å². The summed E-state index contributed by atoms with van der Waals surface area (Å²) < 4.78 is 5.68. The molecule has 0 bridgehead atoms. The van der Waals surface area contributed by atoms with Crippen LogP contribution >= 0.6 is 0 Å². The van der Waals surface area contributed by atoms with Gasteiger partial charge in [0.15, 0.2) is 0 Å². The molecule has 6 heteroatoms. The second kappa shape index (κ2) is 7.74. The molecule has 0 radical (unpaired) electrons. The van der Waals surface area contributed by atoms with E-state index in [1.165, 1.54) is 5.56 Å². The zero-order valence-corrected chi connectivity index (χ0v) is 14.7. The number of carbonyl (C=O) groups is 1. The highest BCUT2D eigenvalue weighted by molar-refractivity contribution is 5.93. The summed E-state index contributed by atoms with van der Waals surface area (Å²) in [6.07, 6.45) is 0. The molecule has 134 valence electrons. The number of aromatic amines is 1. The van der Waals surface area contributed by atoms with E-state index in [2.05, 4.69) is 15.5 Å². The molecule has 1 heterocycles. The van der Waals surface area contributed by atoms with E-state index < -0.39 is 0 Å². The van der Waals surface area contributed by atoms with Crippen molar-refractivity contribution in [2.45, 2.75) is 19.9 Å². The molecule has 0 saturated carbocycles. The lowest BCUT2D eigenvalue weighted by Crippen LogP contribution is -2.37. The van der Waals surface area contributed by atoms with Gasteiger partial charge in [-0.05, 0) is 56.3 Å². The number of H-pyrrole nitrogens is 1. The Balaban J connectivity index is 1.55. The van der Waals surface area contributed by atoms with E-state index >= 15 is 0 Å². The molecule has 0 unspecified atom stereocenters. The van der Waals surface area contributed by atoms with Gasteiger partial charge in [-0.1, -0.05) is 17.7 Å². The summed E-state index contributed by atoms with van der Waals surface area (Å²) in [5.74, 6) is 0.708. The number of aromatic hydroxyl groups is 1. The van der Waals surface area contributed by atoms with E-state index in [1.54, 1.807) is 30.3 Å². The van der Waals surface area contributed by atoms with Gasteiger partial charge >= 0.3 is 0 Å². The lowest BCUT2D eigenvalue weighted by molar-refractivity contribution is 0.0921. The third kappa shape index (κ3) is 4.42. The van der Waals surface area contributed by atoms with Gasteiger partial charge < -0.3 is 15.2 Å². The van der Waals surface area contributed by atoms with Crippen molar-refractivity contribution in [1.82, 2.24) is 15.5 Å². The van der Waals surface area contributed by atoms with E-state index in [0.717, 1.165) is 11.3 Å². The highest BCUT2D eigenvalue weighted by Gasteiger charge is 2.14. The Hall–Kier alpha value is -3.28. The summed E-state index contributed by atoms with van der Waals surface area (Å²) in [5, 5.41) is 19.1. The van der Waals surface area contributed by atoms with E-state index in [4.69, 9.17) is 4.74 Å². The molecule has 26 heavy (non-hydrogen) atoms. The molecular formula is C20H21N3O3. The SMILES string of the molecule is Cc1ccc(OC[C@@H](C)NC(=O)c2cc(-c3ccc(O)cc3)n[nH]2)cc1. The van der Waals surface area contributed by atoms with Crippen LogP contribution in [0.5, 0.6) is 11.5 Å². The Morgan fingerprint density at radius 3 is 2.58 bits per heavy atom. The van der Waals surface area contributed by atoms with Crippen molar-refractivity contribution in [1.29, 1.82) is 0 Å². The maximum Gasteiger partial charge on any atom is 0.269 e. The smallest absolute Gasteiger partial charge is 0.269 e. The summed E-state index contributed by atoms with van der Waals surface area (Å²) in [7, 11) is 0. The molecule has 0 aliphatic rings. The predicted octanol–water partition coefficient (Wildman–Crippen LogP) is 3.29. The summed E-state index contributed by atoms with van der Waals surface area (Å²) in [4.78, 5) is 12.3. The number of benzene rings is 2. The lowest BCUT2D eigenvalue weighted by Gasteiger charge is -2.14. The second-order valence-electron chi connectivity index (χ2n) is 6.21. The molecule has 6 nitrogen and oxygen atoms in total. The minimum atomic E-state index is -0.248. The van der Waals surface area contributed by atoms with Crippen molar-refractivity contribution < 1.29 is 14.6 Å². The number of nitrogens with one attached hydrogen (secondary N) is 2. The van der Waals surface area contributed by atoms with Crippen LogP contribution in [0.25, 0.3) is 11.3 Å². The molecule has 1 atom stereocenters. The number of carbonyl (C=O) groups excluding carboxylic acids is 1. The molecule has 0 aliphatic carbocycles. The number of hydrogen-bond donors (Lipinski definition) is 3. The van der Waals surface area contributed by atoms with E-state index in [0.29, 0.717) is 18.0 Å². The van der Waals surface area contributed by atoms with Crippen LogP contribution in [0.1, 0.15) is 23.0 Å². The van der Waals surface area contributed by atoms with E-state index in [9.17, 15) is 9.90 Å². The standard InChI is InChI=1S/C20H21N3O3/c1-13-3-9-17(10-4-13)26-12-14(2)21-20(25)19-11-18(22-23-19)15-5-7-16(24)8-6-15/h3-11,14,24H,12H2,1-2H3,(H,21,25)(H,22,23)/t14-/m1/s1. The fourth-order valence-corrected chi connectivity index (χ4v) is 2.42. The molecule has 1 amide bonds. The molecule has 3 N–H and O–H groups in total. The summed E-state index contributed by atoms with van der Waals surface area (Å²) in [5.41, 5.74) is 2.99. The summed E-state index contributed by atoms with van der Waals surface area (Å²) in [6.45, 7) is 4.26. The van der Waals surface area contributed by atoms with Crippen molar-refractivity contribution in [2.24, 2.45) is 0 Å². The van der Waals surface area contributed by atoms with Crippen LogP contribution in [-0.4, -0.2) is 33.9 Å². The van der Waals surface area contributed by atoms with Gasteiger partial charge in [-0.25, -0.2) is 0 Å². The Morgan fingerprint density at radius 2 is 1.88 bits per heavy atom. The fourth-order valence-electron chi connectivity index (χ4n) is 2.42. The Bertz CT molecular complexity index is 870. The summed E-state index contributed by atoms with van der Waals surface area (Å²) >= 11 is 0. The van der Waals surface area contributed by atoms with Crippen LogP contribution in [0.15, 0.2) is 54.6 Å². The van der Waals surface area contributed by atoms with Crippen LogP contribution in [-0.2, 0) is 0 Å². The summed E-state index contributed by atoms with van der Waals surface area (Å²) in [6, 6.07) is 15.9. The predicted molar refractivity (Wildman–Crippen MR) is 99.3 cm³/mol. The van der Waals surface area contributed by atoms with Gasteiger partial charge in [-0.3, -0.25) is 9.89 Å². The number of aryl methyl sites for hydroxylation is 1. The van der Waals surface area contributed by atoms with Gasteiger partial charge in [0.25, 0.3) is 5.91 Å². The third-order valence-electron chi connectivity index (χ3n) is 3.88. The van der Waals surface area contributed by atoms with Crippen LogP contribution in [0.4, 0.5) is 0 Å². The number of hydrogen-bond acceptors (Lipinski definition) is 4. The largest absolute Gasteiger partial charge is 0.508 e. The lowest BCUT2D eigenvalue weighted by atomic mass is 10.1. The highest BCUT2D eigenvalue weighted by atomic mass is 16.5. The third-order valence-corrected chi connectivity index (χ3v) is 3.88. The van der Waals surface area contributed by atoms with Crippen molar-refractivity contribution in [3.8, 4) is 22.8 Å². The zero-order chi connectivity index (χ0) is 18.5. The van der Waals surface area contributed by atoms with Crippen molar-refractivity contribution in [3.63, 3.8) is 0 Å². The molecule has 0 aliphatic heterocycles. The molecule has 0 fully saturated rings. The normalized spacial score (nSPS) is 11.8. The van der Waals surface area contributed by atoms with Crippen molar-refractivity contribution in [3.05, 3.63) is 65.9 Å². The number of nitrogens with zero attached hydrogens (tertiary/aromatic N) is 1. The highest BCUT2D eigenvalue weighted by Crippen LogP contribution is 2.20. The average molecular weight is 351 g/mol. The molecule has 2 aromatic carbocycles. The first-order chi connectivity index (χ1) is 12.5. The van der Waals surface area contributed by atoms with E-state index in [1.807, 2.05) is 38.1 Å². The van der Waals surface area contributed by atoms with Crippen molar-refractivity contribution in [2.75, 3.05) is 6.61 Å². The first-order valence-corrected chi connectivity index (χ1v) is 8.36. The average Bonchev–Trinajstić information content (AvgIpc) is 3.12.